The molecule has 0 aromatic heterocycles. The lowest BCUT2D eigenvalue weighted by atomic mass is 10.1. The third-order valence-electron chi connectivity index (χ3n) is 2.06. The van der Waals surface area contributed by atoms with Crippen LogP contribution in [0.3, 0.4) is 0 Å². The Bertz CT molecular complexity index is 371. The van der Waals surface area contributed by atoms with E-state index < -0.39 is 6.09 Å². The Labute approximate surface area is 75.9 Å². The van der Waals surface area contributed by atoms with Crippen LogP contribution in [-0.2, 0) is 11.7 Å². The normalized spacial score (nSPS) is 14.0. The van der Waals surface area contributed by atoms with Gasteiger partial charge in [0.25, 0.3) is 0 Å². The molecule has 1 radical (unpaired) electrons. The van der Waals surface area contributed by atoms with Crippen molar-refractivity contribution in [1.29, 1.82) is 0 Å². The molecule has 0 fully saturated rings. The number of carbonyl (C=O) groups is 1. The fourth-order valence-electron chi connectivity index (χ4n) is 1.37. The second-order valence-electron chi connectivity index (χ2n) is 2.91. The fourth-order valence-corrected chi connectivity index (χ4v) is 1.37. The number of amides is 1. The summed E-state index contributed by atoms with van der Waals surface area (Å²) in [6.07, 6.45) is 2.14. The first-order valence-electron chi connectivity index (χ1n) is 4.01. The van der Waals surface area contributed by atoms with E-state index in [2.05, 4.69) is 0 Å². The molecule has 1 aromatic carbocycles. The summed E-state index contributed by atoms with van der Waals surface area (Å²) >= 11 is 0. The third kappa shape index (κ3) is 1.40. The lowest BCUT2D eigenvalue weighted by Gasteiger charge is -2.19. The highest BCUT2D eigenvalue weighted by atomic mass is 16.4. The van der Waals surface area contributed by atoms with Crippen LogP contribution in [0.4, 0.5) is 4.79 Å². The van der Waals surface area contributed by atoms with Crippen LogP contribution >= 0.6 is 0 Å². The van der Waals surface area contributed by atoms with Crippen LogP contribution in [0.2, 0.25) is 0 Å². The summed E-state index contributed by atoms with van der Waals surface area (Å²) in [6, 6.07) is 7.69. The summed E-state index contributed by atoms with van der Waals surface area (Å²) in [6.45, 7) is 0.384. The molecule has 1 aliphatic rings. The molecule has 65 valence electrons. The van der Waals surface area contributed by atoms with Crippen molar-refractivity contribution in [3.05, 3.63) is 41.6 Å². The number of hydrogen-bond acceptors (Lipinski definition) is 1. The quantitative estimate of drug-likeness (QED) is 0.593. The zero-order valence-electron chi connectivity index (χ0n) is 6.93. The summed E-state index contributed by atoms with van der Waals surface area (Å²) in [4.78, 5) is 11.7. The molecular formula is C10H8NO2. The summed E-state index contributed by atoms with van der Waals surface area (Å²) < 4.78 is 0. The fraction of sp³-hybridized carbons (Fsp3) is 0.100. The van der Waals surface area contributed by atoms with Crippen molar-refractivity contribution >= 4 is 12.2 Å². The molecule has 0 N–H and O–H groups in total. The van der Waals surface area contributed by atoms with Crippen molar-refractivity contribution < 1.29 is 9.90 Å². The molecule has 3 heteroatoms. The Balaban J connectivity index is 2.34. The van der Waals surface area contributed by atoms with E-state index in [9.17, 15) is 9.90 Å². The molecule has 0 aliphatic carbocycles. The molecule has 1 amide bonds. The van der Waals surface area contributed by atoms with Crippen LogP contribution in [0.15, 0.2) is 30.5 Å². The average Bonchev–Trinajstić information content (AvgIpc) is 2.17. The van der Waals surface area contributed by atoms with Crippen LogP contribution in [0, 0.1) is 0 Å². The highest BCUT2D eigenvalue weighted by Gasteiger charge is 2.15. The van der Waals surface area contributed by atoms with Crippen molar-refractivity contribution in [2.75, 3.05) is 0 Å². The summed E-state index contributed by atoms with van der Waals surface area (Å²) in [7, 11) is 0. The number of nitrogens with zero attached hydrogens (tertiary/aromatic N) is 1. The van der Waals surface area contributed by atoms with Crippen LogP contribution in [0.5, 0.6) is 0 Å². The lowest BCUT2D eigenvalue weighted by molar-refractivity contribution is 0.134. The first-order chi connectivity index (χ1) is 6.27. The van der Waals surface area contributed by atoms with Gasteiger partial charge in [0, 0.05) is 6.20 Å². The number of fused-ring (bicyclic) bond motifs is 1. The molecule has 1 aromatic rings. The van der Waals surface area contributed by atoms with E-state index >= 15 is 0 Å². The zero-order valence-corrected chi connectivity index (χ0v) is 6.93. The van der Waals surface area contributed by atoms with E-state index in [0.29, 0.717) is 6.54 Å². The standard InChI is InChI=1S/C10H8NO2/c12-10(13)11-6-5-8-3-1-2-4-9(8)7-11/h1-6H,7H2. The molecule has 13 heavy (non-hydrogen) atoms. The Morgan fingerprint density at radius 1 is 1.31 bits per heavy atom. The summed E-state index contributed by atoms with van der Waals surface area (Å²) in [5.41, 5.74) is 2.08. The number of benzene rings is 1. The van der Waals surface area contributed by atoms with Gasteiger partial charge in [0.1, 0.15) is 0 Å². The second-order valence-corrected chi connectivity index (χ2v) is 2.91. The second kappa shape index (κ2) is 2.94. The zero-order chi connectivity index (χ0) is 9.26. The molecule has 0 unspecified atom stereocenters. The number of hydrogen-bond donors (Lipinski definition) is 0. The topological polar surface area (TPSA) is 40.2 Å². The minimum absolute atomic E-state index is 0.384. The molecule has 0 saturated carbocycles. The van der Waals surface area contributed by atoms with Gasteiger partial charge in [-0.15, -0.1) is 0 Å². The van der Waals surface area contributed by atoms with Gasteiger partial charge >= 0.3 is 6.09 Å². The molecule has 2 rings (SSSR count). The van der Waals surface area contributed by atoms with E-state index in [1.165, 1.54) is 6.20 Å². The highest BCUT2D eigenvalue weighted by Crippen LogP contribution is 2.18. The van der Waals surface area contributed by atoms with E-state index in [4.69, 9.17) is 0 Å². The van der Waals surface area contributed by atoms with Crippen molar-refractivity contribution in [3.8, 4) is 0 Å². The molecule has 0 spiro atoms. The van der Waals surface area contributed by atoms with Gasteiger partial charge in [-0.2, -0.15) is 0 Å². The van der Waals surface area contributed by atoms with E-state index in [1.807, 2.05) is 24.3 Å². The summed E-state index contributed by atoms with van der Waals surface area (Å²) in [5, 5.41) is 10.5. The summed E-state index contributed by atoms with van der Waals surface area (Å²) in [5.74, 6) is 0. The maximum Gasteiger partial charge on any atom is 0.457 e. The minimum atomic E-state index is -1.16. The number of rotatable bonds is 0. The van der Waals surface area contributed by atoms with Gasteiger partial charge in [-0.05, 0) is 17.2 Å². The van der Waals surface area contributed by atoms with Gasteiger partial charge < -0.3 is 0 Å². The molecular weight excluding hydrogens is 166 g/mol. The van der Waals surface area contributed by atoms with Gasteiger partial charge in [-0.25, -0.2) is 9.90 Å². The van der Waals surface area contributed by atoms with Gasteiger partial charge in [-0.1, -0.05) is 24.3 Å². The third-order valence-corrected chi connectivity index (χ3v) is 2.06. The van der Waals surface area contributed by atoms with Crippen LogP contribution in [0.25, 0.3) is 6.08 Å². The monoisotopic (exact) mass is 174 g/mol. The smallest absolute Gasteiger partial charge is 0.277 e. The molecule has 1 heterocycles. The Hall–Kier alpha value is -1.77. The van der Waals surface area contributed by atoms with Gasteiger partial charge in [0.2, 0.25) is 0 Å². The maximum atomic E-state index is 10.5. The molecule has 0 bridgehead atoms. The predicted octanol–water partition coefficient (Wildman–Crippen LogP) is 2.02. The van der Waals surface area contributed by atoms with Gasteiger partial charge in [-0.3, -0.25) is 4.90 Å². The van der Waals surface area contributed by atoms with Gasteiger partial charge in [0.15, 0.2) is 0 Å². The Morgan fingerprint density at radius 3 is 2.85 bits per heavy atom. The van der Waals surface area contributed by atoms with E-state index in [-0.39, 0.29) is 0 Å². The van der Waals surface area contributed by atoms with Crippen molar-refractivity contribution in [3.63, 3.8) is 0 Å². The maximum absolute atomic E-state index is 10.5. The average molecular weight is 174 g/mol. The Kier molecular flexibility index (Phi) is 1.77. The highest BCUT2D eigenvalue weighted by molar-refractivity contribution is 5.70. The van der Waals surface area contributed by atoms with Crippen molar-refractivity contribution in [1.82, 2.24) is 4.90 Å². The first-order valence-corrected chi connectivity index (χ1v) is 4.01. The van der Waals surface area contributed by atoms with E-state index in [1.54, 1.807) is 6.08 Å². The van der Waals surface area contributed by atoms with Crippen LogP contribution < -0.4 is 0 Å². The largest absolute Gasteiger partial charge is 0.457 e. The van der Waals surface area contributed by atoms with E-state index in [0.717, 1.165) is 16.0 Å². The molecule has 0 atom stereocenters. The lowest BCUT2D eigenvalue weighted by Crippen LogP contribution is -2.24. The Morgan fingerprint density at radius 2 is 2.08 bits per heavy atom. The number of carbonyl (C=O) groups excluding carboxylic acids is 1. The minimum Gasteiger partial charge on any atom is -0.277 e. The van der Waals surface area contributed by atoms with Gasteiger partial charge in [0.05, 0.1) is 6.54 Å². The van der Waals surface area contributed by atoms with Crippen LogP contribution in [0.1, 0.15) is 11.1 Å². The SMILES string of the molecule is [O]C(=O)N1C=Cc2ccccc2C1. The van der Waals surface area contributed by atoms with Crippen molar-refractivity contribution in [2.24, 2.45) is 0 Å². The predicted molar refractivity (Wildman–Crippen MR) is 47.1 cm³/mol. The first kappa shape index (κ1) is 7.86. The molecule has 0 saturated heterocycles. The molecule has 3 nitrogen and oxygen atoms in total. The van der Waals surface area contributed by atoms with Crippen molar-refractivity contribution in [2.45, 2.75) is 6.54 Å². The van der Waals surface area contributed by atoms with Crippen LogP contribution in [-0.4, -0.2) is 11.0 Å². The molecule has 1 aliphatic heterocycles.